The minimum atomic E-state index is -0.283. The summed E-state index contributed by atoms with van der Waals surface area (Å²) >= 11 is 0. The van der Waals surface area contributed by atoms with Crippen LogP contribution in [-0.4, -0.2) is 48.3 Å². The molecule has 0 spiro atoms. The van der Waals surface area contributed by atoms with Gasteiger partial charge in [-0.1, -0.05) is 18.2 Å². The highest BCUT2D eigenvalue weighted by Gasteiger charge is 2.29. The van der Waals surface area contributed by atoms with Crippen LogP contribution in [-0.2, 0) is 9.59 Å². The van der Waals surface area contributed by atoms with Crippen LogP contribution in [0.2, 0.25) is 0 Å². The van der Waals surface area contributed by atoms with Crippen molar-refractivity contribution in [2.75, 3.05) is 26.7 Å². The van der Waals surface area contributed by atoms with Crippen LogP contribution in [0.1, 0.15) is 25.1 Å². The van der Waals surface area contributed by atoms with Crippen LogP contribution in [0.3, 0.4) is 0 Å². The van der Waals surface area contributed by atoms with E-state index in [0.717, 1.165) is 29.7 Å². The fraction of sp³-hybridized carbons (Fsp3) is 0.444. The van der Waals surface area contributed by atoms with Crippen LogP contribution in [0.15, 0.2) is 34.7 Å². The lowest BCUT2D eigenvalue weighted by atomic mass is 10.1. The molecule has 1 aromatic heterocycles. The first-order chi connectivity index (χ1) is 11.5. The van der Waals surface area contributed by atoms with Gasteiger partial charge in [0.2, 0.25) is 11.8 Å². The highest BCUT2D eigenvalue weighted by Crippen LogP contribution is 2.27. The lowest BCUT2D eigenvalue weighted by Gasteiger charge is -2.25. The number of furan rings is 1. The Kier molecular flexibility index (Phi) is 4.57. The van der Waals surface area contributed by atoms with Gasteiger partial charge in [0.1, 0.15) is 11.3 Å². The molecule has 0 radical (unpaired) electrons. The number of amides is 2. The third-order valence-electron chi connectivity index (χ3n) is 4.86. The number of para-hydroxylation sites is 1. The summed E-state index contributed by atoms with van der Waals surface area (Å²) < 4.78 is 5.85. The highest BCUT2D eigenvalue weighted by atomic mass is 16.3. The average Bonchev–Trinajstić information content (AvgIpc) is 3.19. The van der Waals surface area contributed by atoms with Gasteiger partial charge in [0.05, 0.1) is 18.5 Å². The molecule has 2 amide bonds. The molecule has 3 rings (SSSR count). The molecule has 0 unspecified atom stereocenters. The second-order valence-electron chi connectivity index (χ2n) is 6.49. The summed E-state index contributed by atoms with van der Waals surface area (Å²) in [5.41, 5.74) is 6.16. The summed E-state index contributed by atoms with van der Waals surface area (Å²) in [4.78, 5) is 27.4. The van der Waals surface area contributed by atoms with Crippen LogP contribution in [0.4, 0.5) is 0 Å². The predicted molar refractivity (Wildman–Crippen MR) is 91.1 cm³/mol. The number of nitrogens with two attached hydrogens (primary N) is 1. The van der Waals surface area contributed by atoms with Gasteiger partial charge in [0.25, 0.3) is 0 Å². The number of nitrogens with zero attached hydrogens (tertiary/aromatic N) is 2. The summed E-state index contributed by atoms with van der Waals surface area (Å²) in [6.45, 7) is 3.54. The Labute approximate surface area is 141 Å². The van der Waals surface area contributed by atoms with E-state index in [-0.39, 0.29) is 23.8 Å². The number of fused-ring (bicyclic) bond motifs is 1. The zero-order chi connectivity index (χ0) is 17.3. The minimum Gasteiger partial charge on any atom is -0.459 e. The van der Waals surface area contributed by atoms with E-state index in [4.69, 9.17) is 10.2 Å². The number of likely N-dealkylation sites (N-methyl/N-ethyl adjacent to an activating group) is 1. The van der Waals surface area contributed by atoms with Crippen LogP contribution >= 0.6 is 0 Å². The van der Waals surface area contributed by atoms with Crippen molar-refractivity contribution in [1.29, 1.82) is 0 Å². The van der Waals surface area contributed by atoms with Crippen molar-refractivity contribution in [1.82, 2.24) is 9.80 Å². The molecule has 0 saturated carbocycles. The van der Waals surface area contributed by atoms with Gasteiger partial charge in [-0.2, -0.15) is 0 Å². The second kappa shape index (κ2) is 6.65. The number of likely N-dealkylation sites (tertiary alicyclic amines) is 1. The summed E-state index contributed by atoms with van der Waals surface area (Å²) in [6, 6.07) is 9.62. The summed E-state index contributed by atoms with van der Waals surface area (Å²) in [5.74, 6) is 0.349. The quantitative estimate of drug-likeness (QED) is 0.906. The third kappa shape index (κ3) is 3.28. The summed E-state index contributed by atoms with van der Waals surface area (Å²) in [5, 5.41) is 1.03. The van der Waals surface area contributed by atoms with Crippen LogP contribution < -0.4 is 5.73 Å². The van der Waals surface area contributed by atoms with Gasteiger partial charge in [-0.25, -0.2) is 0 Å². The van der Waals surface area contributed by atoms with E-state index in [9.17, 15) is 9.59 Å². The first-order valence-corrected chi connectivity index (χ1v) is 8.21. The van der Waals surface area contributed by atoms with E-state index in [1.807, 2.05) is 42.2 Å². The SMILES string of the molecule is C[C@@H](c1cc2ccccc2o1)N(C)C(=O)CN1CC[C@@H](C(N)=O)C1. The highest BCUT2D eigenvalue weighted by molar-refractivity contribution is 5.80. The molecule has 0 bridgehead atoms. The molecule has 6 heteroatoms. The molecule has 2 N–H and O–H groups in total. The maximum absolute atomic E-state index is 12.5. The molecule has 1 saturated heterocycles. The van der Waals surface area contributed by atoms with Gasteiger partial charge in [0, 0.05) is 19.0 Å². The molecule has 1 fully saturated rings. The molecule has 6 nitrogen and oxygen atoms in total. The molecule has 0 aliphatic carbocycles. The van der Waals surface area contributed by atoms with Crippen molar-refractivity contribution < 1.29 is 14.0 Å². The fourth-order valence-corrected chi connectivity index (χ4v) is 3.13. The smallest absolute Gasteiger partial charge is 0.237 e. The zero-order valence-electron chi connectivity index (χ0n) is 14.1. The normalized spacial score (nSPS) is 19.5. The van der Waals surface area contributed by atoms with E-state index in [0.29, 0.717) is 13.1 Å². The molecular formula is C18H23N3O3. The number of benzene rings is 1. The molecule has 1 aliphatic rings. The average molecular weight is 329 g/mol. The van der Waals surface area contributed by atoms with Gasteiger partial charge in [-0.05, 0) is 32.0 Å². The van der Waals surface area contributed by atoms with Crippen molar-refractivity contribution in [3.05, 3.63) is 36.1 Å². The largest absolute Gasteiger partial charge is 0.459 e. The Balaban J connectivity index is 1.63. The Bertz CT molecular complexity index is 722. The number of carbonyl (C=O) groups excluding carboxylic acids is 2. The van der Waals surface area contributed by atoms with E-state index >= 15 is 0 Å². The fourth-order valence-electron chi connectivity index (χ4n) is 3.13. The minimum absolute atomic E-state index is 0.00748. The van der Waals surface area contributed by atoms with Gasteiger partial charge in [-0.15, -0.1) is 0 Å². The number of rotatable bonds is 5. The van der Waals surface area contributed by atoms with Crippen molar-refractivity contribution >= 4 is 22.8 Å². The van der Waals surface area contributed by atoms with Crippen molar-refractivity contribution in [3.63, 3.8) is 0 Å². The van der Waals surface area contributed by atoms with E-state index < -0.39 is 0 Å². The molecule has 1 aromatic carbocycles. The van der Waals surface area contributed by atoms with Crippen molar-refractivity contribution in [3.8, 4) is 0 Å². The molecule has 1 aliphatic heterocycles. The van der Waals surface area contributed by atoms with E-state index in [1.54, 1.807) is 11.9 Å². The van der Waals surface area contributed by atoms with Gasteiger partial charge >= 0.3 is 0 Å². The standard InChI is InChI=1S/C18H23N3O3/c1-12(16-9-13-5-3-4-6-15(13)24-16)20(2)17(22)11-21-8-7-14(10-21)18(19)23/h3-6,9,12,14H,7-8,10-11H2,1-2H3,(H2,19,23)/t12-,14+/m0/s1. The first-order valence-electron chi connectivity index (χ1n) is 8.21. The number of hydrogen-bond acceptors (Lipinski definition) is 4. The lowest BCUT2D eigenvalue weighted by molar-refractivity contribution is -0.133. The molecule has 2 atom stereocenters. The van der Waals surface area contributed by atoms with Gasteiger partial charge in [0.15, 0.2) is 0 Å². The Morgan fingerprint density at radius 2 is 2.17 bits per heavy atom. The molecule has 24 heavy (non-hydrogen) atoms. The van der Waals surface area contributed by atoms with Crippen LogP contribution in [0.25, 0.3) is 11.0 Å². The maximum atomic E-state index is 12.5. The Hall–Kier alpha value is -2.34. The van der Waals surface area contributed by atoms with E-state index in [1.165, 1.54) is 0 Å². The molecule has 2 aromatic rings. The van der Waals surface area contributed by atoms with Gasteiger partial charge in [-0.3, -0.25) is 14.5 Å². The second-order valence-corrected chi connectivity index (χ2v) is 6.49. The maximum Gasteiger partial charge on any atom is 0.237 e. The Morgan fingerprint density at radius 1 is 1.42 bits per heavy atom. The van der Waals surface area contributed by atoms with Crippen LogP contribution in [0, 0.1) is 5.92 Å². The summed E-state index contributed by atoms with van der Waals surface area (Å²) in [6.07, 6.45) is 0.728. The number of carbonyl (C=O) groups is 2. The van der Waals surface area contributed by atoms with Gasteiger partial charge < -0.3 is 15.1 Å². The zero-order valence-corrected chi connectivity index (χ0v) is 14.1. The molecule has 128 valence electrons. The monoisotopic (exact) mass is 329 g/mol. The summed E-state index contributed by atoms with van der Waals surface area (Å²) in [7, 11) is 1.78. The van der Waals surface area contributed by atoms with Crippen molar-refractivity contribution in [2.45, 2.75) is 19.4 Å². The van der Waals surface area contributed by atoms with Crippen LogP contribution in [0.5, 0.6) is 0 Å². The molecule has 2 heterocycles. The topological polar surface area (TPSA) is 79.8 Å². The third-order valence-corrected chi connectivity index (χ3v) is 4.86. The Morgan fingerprint density at radius 3 is 2.83 bits per heavy atom. The predicted octanol–water partition coefficient (Wildman–Crippen LogP) is 1.76. The number of primary amides is 1. The van der Waals surface area contributed by atoms with E-state index in [2.05, 4.69) is 0 Å². The number of hydrogen-bond donors (Lipinski definition) is 1. The first kappa shape index (κ1) is 16.5. The lowest BCUT2D eigenvalue weighted by Crippen LogP contribution is -2.39. The molecular weight excluding hydrogens is 306 g/mol. The van der Waals surface area contributed by atoms with Crippen molar-refractivity contribution in [2.24, 2.45) is 11.7 Å².